The molecule has 2 aliphatic rings. The first-order valence-electron chi connectivity index (χ1n) is 8.20. The van der Waals surface area contributed by atoms with Gasteiger partial charge in [-0.15, -0.1) is 0 Å². The summed E-state index contributed by atoms with van der Waals surface area (Å²) in [6, 6.07) is 1.20. The van der Waals surface area contributed by atoms with E-state index in [0.717, 1.165) is 12.5 Å². The van der Waals surface area contributed by atoms with Crippen molar-refractivity contribution in [3.05, 3.63) is 0 Å². The molecule has 0 amide bonds. The van der Waals surface area contributed by atoms with Crippen molar-refractivity contribution in [2.45, 2.75) is 77.3 Å². The van der Waals surface area contributed by atoms with Gasteiger partial charge < -0.3 is 4.74 Å². The lowest BCUT2D eigenvalue weighted by Crippen LogP contribution is -2.49. The molecule has 3 nitrogen and oxygen atoms in total. The molecule has 0 bridgehead atoms. The summed E-state index contributed by atoms with van der Waals surface area (Å²) in [6.07, 6.45) is 9.96. The van der Waals surface area contributed by atoms with Gasteiger partial charge >= 0.3 is 5.97 Å². The number of unbranched alkanes of at least 4 members (excludes halogenated alkanes) is 2. The van der Waals surface area contributed by atoms with E-state index in [9.17, 15) is 4.79 Å². The first-order chi connectivity index (χ1) is 9.27. The minimum atomic E-state index is 0.0476. The first kappa shape index (κ1) is 14.8. The van der Waals surface area contributed by atoms with Gasteiger partial charge in [0.05, 0.1) is 12.5 Å². The Morgan fingerprint density at radius 2 is 2.05 bits per heavy atom. The average molecular weight is 267 g/mol. The van der Waals surface area contributed by atoms with Crippen LogP contribution in [0.2, 0.25) is 0 Å². The molecule has 0 unspecified atom stereocenters. The van der Waals surface area contributed by atoms with Gasteiger partial charge in [0.1, 0.15) is 0 Å². The summed E-state index contributed by atoms with van der Waals surface area (Å²) in [5.41, 5.74) is 0. The van der Waals surface area contributed by atoms with Crippen LogP contribution in [0.25, 0.3) is 0 Å². The molecule has 2 aliphatic heterocycles. The van der Waals surface area contributed by atoms with E-state index in [1.807, 2.05) is 6.92 Å². The van der Waals surface area contributed by atoms with Gasteiger partial charge in [-0.25, -0.2) is 0 Å². The summed E-state index contributed by atoms with van der Waals surface area (Å²) in [5, 5.41) is 0. The van der Waals surface area contributed by atoms with E-state index in [1.54, 1.807) is 0 Å². The third-order valence-corrected chi connectivity index (χ3v) is 4.82. The Bertz CT molecular complexity index is 292. The Morgan fingerprint density at radius 1 is 1.21 bits per heavy atom. The molecule has 2 saturated heterocycles. The summed E-state index contributed by atoms with van der Waals surface area (Å²) in [4.78, 5) is 14.7. The number of carbonyl (C=O) groups is 1. The third kappa shape index (κ3) is 3.50. The Labute approximate surface area is 117 Å². The standard InChI is InChI=1S/C16H29NO2/c1-3-5-6-8-13-10-11-14(16(18)19-4-2)15-9-7-12-17(13)15/h13-15H,3-12H2,1-2H3/t13-,14-,15+/m1/s1. The minimum absolute atomic E-state index is 0.0476. The monoisotopic (exact) mass is 267 g/mol. The number of ether oxygens (including phenoxy) is 1. The van der Waals surface area contributed by atoms with E-state index in [-0.39, 0.29) is 11.9 Å². The van der Waals surface area contributed by atoms with Crippen molar-refractivity contribution in [2.75, 3.05) is 13.2 Å². The van der Waals surface area contributed by atoms with Crippen molar-refractivity contribution in [1.29, 1.82) is 0 Å². The van der Waals surface area contributed by atoms with Crippen LogP contribution in [-0.2, 0) is 9.53 Å². The number of carbonyl (C=O) groups excluding carboxylic acids is 1. The van der Waals surface area contributed by atoms with Crippen molar-refractivity contribution in [2.24, 2.45) is 5.92 Å². The number of hydrogen-bond donors (Lipinski definition) is 0. The molecule has 3 heteroatoms. The van der Waals surface area contributed by atoms with E-state index in [1.165, 1.54) is 51.5 Å². The van der Waals surface area contributed by atoms with Crippen molar-refractivity contribution >= 4 is 5.97 Å². The quantitative estimate of drug-likeness (QED) is 0.546. The molecule has 3 atom stereocenters. The van der Waals surface area contributed by atoms with Crippen molar-refractivity contribution in [3.63, 3.8) is 0 Å². The second-order valence-corrected chi connectivity index (χ2v) is 6.03. The van der Waals surface area contributed by atoms with Gasteiger partial charge in [0.25, 0.3) is 0 Å². The summed E-state index contributed by atoms with van der Waals surface area (Å²) in [5.74, 6) is 0.191. The van der Waals surface area contributed by atoms with E-state index in [0.29, 0.717) is 12.6 Å². The van der Waals surface area contributed by atoms with Crippen molar-refractivity contribution < 1.29 is 9.53 Å². The number of nitrogens with zero attached hydrogens (tertiary/aromatic N) is 1. The molecular weight excluding hydrogens is 238 g/mol. The Hall–Kier alpha value is -0.570. The molecule has 0 N–H and O–H groups in total. The highest BCUT2D eigenvalue weighted by molar-refractivity contribution is 5.73. The van der Waals surface area contributed by atoms with Crippen molar-refractivity contribution in [3.8, 4) is 0 Å². The summed E-state index contributed by atoms with van der Waals surface area (Å²) in [6.45, 7) is 5.87. The van der Waals surface area contributed by atoms with Crippen LogP contribution in [-0.4, -0.2) is 36.1 Å². The predicted octanol–water partition coefficient (Wildman–Crippen LogP) is 3.37. The van der Waals surface area contributed by atoms with Crippen LogP contribution in [0.3, 0.4) is 0 Å². The molecule has 0 saturated carbocycles. The second-order valence-electron chi connectivity index (χ2n) is 6.03. The highest BCUT2D eigenvalue weighted by Crippen LogP contribution is 2.37. The smallest absolute Gasteiger partial charge is 0.310 e. The van der Waals surface area contributed by atoms with Crippen LogP contribution in [0.5, 0.6) is 0 Å². The van der Waals surface area contributed by atoms with Gasteiger partial charge in [-0.1, -0.05) is 26.2 Å². The molecule has 0 aliphatic carbocycles. The summed E-state index contributed by atoms with van der Waals surface area (Å²) < 4.78 is 5.26. The average Bonchev–Trinajstić information content (AvgIpc) is 2.88. The largest absolute Gasteiger partial charge is 0.466 e. The fourth-order valence-electron chi connectivity index (χ4n) is 3.89. The molecule has 2 rings (SSSR count). The maximum atomic E-state index is 12.1. The summed E-state index contributed by atoms with van der Waals surface area (Å²) >= 11 is 0. The molecule has 0 aromatic rings. The second kappa shape index (κ2) is 7.28. The minimum Gasteiger partial charge on any atom is -0.466 e. The van der Waals surface area contributed by atoms with Crippen LogP contribution < -0.4 is 0 Å². The fourth-order valence-corrected chi connectivity index (χ4v) is 3.89. The zero-order valence-electron chi connectivity index (χ0n) is 12.6. The van der Waals surface area contributed by atoms with Crippen LogP contribution in [0, 0.1) is 5.92 Å². The molecule has 0 aromatic heterocycles. The molecule has 0 radical (unpaired) electrons. The predicted molar refractivity (Wildman–Crippen MR) is 77.0 cm³/mol. The number of fused-ring (bicyclic) bond motifs is 1. The molecule has 2 heterocycles. The van der Waals surface area contributed by atoms with Gasteiger partial charge in [0.2, 0.25) is 0 Å². The van der Waals surface area contributed by atoms with Gasteiger partial charge in [-0.3, -0.25) is 9.69 Å². The molecule has 19 heavy (non-hydrogen) atoms. The first-order valence-corrected chi connectivity index (χ1v) is 8.20. The van der Waals surface area contributed by atoms with E-state index in [4.69, 9.17) is 4.74 Å². The van der Waals surface area contributed by atoms with Gasteiger partial charge in [0, 0.05) is 12.1 Å². The third-order valence-electron chi connectivity index (χ3n) is 4.82. The normalized spacial score (nSPS) is 31.2. The topological polar surface area (TPSA) is 29.5 Å². The molecule has 0 aromatic carbocycles. The Morgan fingerprint density at radius 3 is 2.79 bits per heavy atom. The molecular formula is C16H29NO2. The highest BCUT2D eigenvalue weighted by atomic mass is 16.5. The van der Waals surface area contributed by atoms with Crippen LogP contribution in [0.15, 0.2) is 0 Å². The van der Waals surface area contributed by atoms with Gasteiger partial charge in [-0.2, -0.15) is 0 Å². The fraction of sp³-hybridized carbons (Fsp3) is 0.938. The van der Waals surface area contributed by atoms with Crippen LogP contribution >= 0.6 is 0 Å². The number of rotatable bonds is 6. The Kier molecular flexibility index (Phi) is 5.68. The maximum absolute atomic E-state index is 12.1. The van der Waals surface area contributed by atoms with Crippen molar-refractivity contribution in [1.82, 2.24) is 4.90 Å². The van der Waals surface area contributed by atoms with E-state index >= 15 is 0 Å². The van der Waals surface area contributed by atoms with E-state index in [2.05, 4.69) is 11.8 Å². The number of piperidine rings is 1. The van der Waals surface area contributed by atoms with Crippen LogP contribution in [0.4, 0.5) is 0 Å². The van der Waals surface area contributed by atoms with Gasteiger partial charge in [-0.05, 0) is 45.6 Å². The lowest BCUT2D eigenvalue weighted by atomic mass is 9.84. The van der Waals surface area contributed by atoms with E-state index < -0.39 is 0 Å². The highest BCUT2D eigenvalue weighted by Gasteiger charge is 2.43. The number of hydrogen-bond acceptors (Lipinski definition) is 3. The summed E-state index contributed by atoms with van der Waals surface area (Å²) in [7, 11) is 0. The number of esters is 1. The molecule has 2 fully saturated rings. The lowest BCUT2D eigenvalue weighted by molar-refractivity contribution is -0.152. The maximum Gasteiger partial charge on any atom is 0.310 e. The molecule has 110 valence electrons. The SMILES string of the molecule is CCCCC[C@@H]1CC[C@@H](C(=O)OCC)[C@@H]2CCCN12. The van der Waals surface area contributed by atoms with Gasteiger partial charge in [0.15, 0.2) is 0 Å². The zero-order valence-corrected chi connectivity index (χ0v) is 12.6. The van der Waals surface area contributed by atoms with Crippen LogP contribution in [0.1, 0.15) is 65.2 Å². The lowest BCUT2D eigenvalue weighted by Gasteiger charge is -2.41. The molecule has 0 spiro atoms. The Balaban J connectivity index is 1.91. The zero-order chi connectivity index (χ0) is 13.7.